The summed E-state index contributed by atoms with van der Waals surface area (Å²) in [6.45, 7) is 4.53. The van der Waals surface area contributed by atoms with E-state index in [0.29, 0.717) is 51.7 Å². The number of para-hydroxylation sites is 1. The molecule has 7 nitrogen and oxygen atoms in total. The SMILES string of the molecule is O=C(CN1CCN(C(=O)C2CCN(C(=O)C3CC3)CC2)CC1)Nc1ccccc1. The van der Waals surface area contributed by atoms with Crippen LogP contribution in [-0.2, 0) is 14.4 Å². The van der Waals surface area contributed by atoms with Crippen molar-refractivity contribution in [2.24, 2.45) is 11.8 Å². The van der Waals surface area contributed by atoms with Gasteiger partial charge < -0.3 is 15.1 Å². The van der Waals surface area contributed by atoms with Crippen LogP contribution in [0.25, 0.3) is 0 Å². The van der Waals surface area contributed by atoms with Crippen molar-refractivity contribution in [3.8, 4) is 0 Å². The normalized spacial score (nSPS) is 21.1. The van der Waals surface area contributed by atoms with Gasteiger partial charge in [-0.3, -0.25) is 19.3 Å². The van der Waals surface area contributed by atoms with Gasteiger partial charge in [0.05, 0.1) is 6.54 Å². The van der Waals surface area contributed by atoms with E-state index in [4.69, 9.17) is 0 Å². The maximum Gasteiger partial charge on any atom is 0.238 e. The van der Waals surface area contributed by atoms with Crippen LogP contribution in [0.4, 0.5) is 5.69 Å². The molecule has 2 heterocycles. The first-order chi connectivity index (χ1) is 14.1. The molecule has 1 aromatic rings. The number of nitrogens with one attached hydrogen (secondary N) is 1. The minimum Gasteiger partial charge on any atom is -0.342 e. The monoisotopic (exact) mass is 398 g/mol. The van der Waals surface area contributed by atoms with Crippen molar-refractivity contribution in [1.29, 1.82) is 0 Å². The van der Waals surface area contributed by atoms with E-state index >= 15 is 0 Å². The highest BCUT2D eigenvalue weighted by atomic mass is 16.2. The Balaban J connectivity index is 1.18. The van der Waals surface area contributed by atoms with Gasteiger partial charge in [-0.2, -0.15) is 0 Å². The van der Waals surface area contributed by atoms with E-state index in [2.05, 4.69) is 10.2 Å². The van der Waals surface area contributed by atoms with E-state index in [0.717, 1.165) is 31.4 Å². The summed E-state index contributed by atoms with van der Waals surface area (Å²) in [5.41, 5.74) is 0.804. The minimum absolute atomic E-state index is 0.0244. The summed E-state index contributed by atoms with van der Waals surface area (Å²) in [6.07, 6.45) is 3.62. The number of likely N-dealkylation sites (tertiary alicyclic amines) is 1. The topological polar surface area (TPSA) is 73.0 Å². The second kappa shape index (κ2) is 8.95. The number of piperazine rings is 1. The van der Waals surface area contributed by atoms with Crippen molar-refractivity contribution in [2.45, 2.75) is 25.7 Å². The molecule has 0 spiro atoms. The van der Waals surface area contributed by atoms with E-state index in [1.165, 1.54) is 0 Å². The first-order valence-electron chi connectivity index (χ1n) is 10.7. The third kappa shape index (κ3) is 5.15. The molecule has 0 aromatic heterocycles. The maximum absolute atomic E-state index is 12.9. The van der Waals surface area contributed by atoms with Gasteiger partial charge in [-0.15, -0.1) is 0 Å². The second-order valence-corrected chi connectivity index (χ2v) is 8.39. The van der Waals surface area contributed by atoms with Gasteiger partial charge in [-0.1, -0.05) is 18.2 Å². The molecular formula is C22H30N4O3. The Bertz CT molecular complexity index is 734. The van der Waals surface area contributed by atoms with Gasteiger partial charge >= 0.3 is 0 Å². The van der Waals surface area contributed by atoms with E-state index in [9.17, 15) is 14.4 Å². The van der Waals surface area contributed by atoms with Gasteiger partial charge in [-0.05, 0) is 37.8 Å². The van der Waals surface area contributed by atoms with Crippen molar-refractivity contribution in [3.63, 3.8) is 0 Å². The number of hydrogen-bond acceptors (Lipinski definition) is 4. The largest absolute Gasteiger partial charge is 0.342 e. The van der Waals surface area contributed by atoms with Crippen LogP contribution in [0.2, 0.25) is 0 Å². The van der Waals surface area contributed by atoms with Crippen LogP contribution < -0.4 is 5.32 Å². The summed E-state index contributed by atoms with van der Waals surface area (Å²) >= 11 is 0. The first kappa shape index (κ1) is 19.9. The van der Waals surface area contributed by atoms with E-state index < -0.39 is 0 Å². The van der Waals surface area contributed by atoms with Crippen LogP contribution in [0.5, 0.6) is 0 Å². The van der Waals surface area contributed by atoms with Crippen LogP contribution >= 0.6 is 0 Å². The molecule has 29 heavy (non-hydrogen) atoms. The number of hydrogen-bond donors (Lipinski definition) is 1. The average Bonchev–Trinajstić information content (AvgIpc) is 3.59. The fourth-order valence-electron chi connectivity index (χ4n) is 4.24. The highest BCUT2D eigenvalue weighted by Gasteiger charge is 2.37. The van der Waals surface area contributed by atoms with Crippen molar-refractivity contribution < 1.29 is 14.4 Å². The number of piperidine rings is 1. The number of carbonyl (C=O) groups is 3. The summed E-state index contributed by atoms with van der Waals surface area (Å²) in [5, 5.41) is 2.91. The van der Waals surface area contributed by atoms with Crippen molar-refractivity contribution in [2.75, 3.05) is 51.1 Å². The Morgan fingerprint density at radius 3 is 1.90 bits per heavy atom. The van der Waals surface area contributed by atoms with Crippen LogP contribution in [0, 0.1) is 11.8 Å². The fourth-order valence-corrected chi connectivity index (χ4v) is 4.24. The van der Waals surface area contributed by atoms with Gasteiger partial charge in [0.25, 0.3) is 0 Å². The molecule has 1 aliphatic carbocycles. The quantitative estimate of drug-likeness (QED) is 0.814. The summed E-state index contributed by atoms with van der Waals surface area (Å²) < 4.78 is 0. The van der Waals surface area contributed by atoms with Gasteiger partial charge in [0.2, 0.25) is 17.7 Å². The molecule has 1 N–H and O–H groups in total. The first-order valence-corrected chi connectivity index (χ1v) is 10.7. The molecule has 3 amide bonds. The molecule has 0 atom stereocenters. The molecule has 0 unspecified atom stereocenters. The van der Waals surface area contributed by atoms with Crippen molar-refractivity contribution >= 4 is 23.4 Å². The third-order valence-corrected chi connectivity index (χ3v) is 6.19. The maximum atomic E-state index is 12.9. The molecule has 3 aliphatic rings. The van der Waals surface area contributed by atoms with Crippen LogP contribution in [0.1, 0.15) is 25.7 Å². The second-order valence-electron chi connectivity index (χ2n) is 8.39. The molecule has 0 bridgehead atoms. The van der Waals surface area contributed by atoms with Gasteiger partial charge in [0.15, 0.2) is 0 Å². The van der Waals surface area contributed by atoms with E-state index in [1.807, 2.05) is 40.1 Å². The van der Waals surface area contributed by atoms with Gasteiger partial charge in [0.1, 0.15) is 0 Å². The zero-order valence-corrected chi connectivity index (χ0v) is 16.9. The molecule has 1 aromatic carbocycles. The fraction of sp³-hybridized carbons (Fsp3) is 0.591. The smallest absolute Gasteiger partial charge is 0.238 e. The number of benzene rings is 1. The number of nitrogens with zero attached hydrogens (tertiary/aromatic N) is 3. The molecule has 1 saturated carbocycles. The summed E-state index contributed by atoms with van der Waals surface area (Å²) in [6, 6.07) is 9.45. The van der Waals surface area contributed by atoms with Crippen LogP contribution in [-0.4, -0.2) is 78.2 Å². The molecule has 4 rings (SSSR count). The standard InChI is InChI=1S/C22H30N4O3/c27-20(23-19-4-2-1-3-5-19)16-24-12-14-26(15-13-24)22(29)18-8-10-25(11-9-18)21(28)17-6-7-17/h1-5,17-18H,6-16H2,(H,23,27). The summed E-state index contributed by atoms with van der Waals surface area (Å²) in [5.74, 6) is 0.777. The molecule has 156 valence electrons. The Labute approximate surface area is 172 Å². The lowest BCUT2D eigenvalue weighted by molar-refractivity contribution is -0.142. The molecular weight excluding hydrogens is 368 g/mol. The third-order valence-electron chi connectivity index (χ3n) is 6.19. The Morgan fingerprint density at radius 1 is 0.759 bits per heavy atom. The van der Waals surface area contributed by atoms with Crippen LogP contribution in [0.3, 0.4) is 0 Å². The Morgan fingerprint density at radius 2 is 1.31 bits per heavy atom. The molecule has 2 saturated heterocycles. The predicted octanol–water partition coefficient (Wildman–Crippen LogP) is 1.42. The van der Waals surface area contributed by atoms with E-state index in [-0.39, 0.29) is 23.7 Å². The van der Waals surface area contributed by atoms with E-state index in [1.54, 1.807) is 0 Å². The number of amides is 3. The Hall–Kier alpha value is -2.41. The highest BCUT2D eigenvalue weighted by molar-refractivity contribution is 5.92. The van der Waals surface area contributed by atoms with Crippen LogP contribution in [0.15, 0.2) is 30.3 Å². The lowest BCUT2D eigenvalue weighted by Crippen LogP contribution is -2.53. The molecule has 2 aliphatic heterocycles. The minimum atomic E-state index is -0.0244. The molecule has 7 heteroatoms. The molecule has 3 fully saturated rings. The summed E-state index contributed by atoms with van der Waals surface area (Å²) in [4.78, 5) is 43.2. The zero-order valence-electron chi connectivity index (χ0n) is 16.9. The number of rotatable bonds is 5. The Kier molecular flexibility index (Phi) is 6.13. The predicted molar refractivity (Wildman–Crippen MR) is 110 cm³/mol. The van der Waals surface area contributed by atoms with Crippen molar-refractivity contribution in [3.05, 3.63) is 30.3 Å². The highest BCUT2D eigenvalue weighted by Crippen LogP contribution is 2.32. The average molecular weight is 399 g/mol. The summed E-state index contributed by atoms with van der Waals surface area (Å²) in [7, 11) is 0. The zero-order chi connectivity index (χ0) is 20.2. The number of anilines is 1. The van der Waals surface area contributed by atoms with Crippen molar-refractivity contribution in [1.82, 2.24) is 14.7 Å². The lowest BCUT2D eigenvalue weighted by atomic mass is 9.94. The van der Waals surface area contributed by atoms with Gasteiger partial charge in [-0.25, -0.2) is 0 Å². The lowest BCUT2D eigenvalue weighted by Gasteiger charge is -2.38. The molecule has 0 radical (unpaired) electrons. The van der Waals surface area contributed by atoms with Gasteiger partial charge in [0, 0.05) is 56.8 Å². The number of carbonyl (C=O) groups excluding carboxylic acids is 3.